The number of aliphatic hydroxyl groups is 1. The van der Waals surface area contributed by atoms with Crippen molar-refractivity contribution in [2.75, 3.05) is 13.2 Å². The number of hydrogen-bond acceptors (Lipinski definition) is 2. The topological polar surface area (TPSA) is 29.5 Å². The molecule has 0 spiro atoms. The summed E-state index contributed by atoms with van der Waals surface area (Å²) < 4.78 is 6.36. The van der Waals surface area contributed by atoms with Crippen molar-refractivity contribution in [3.63, 3.8) is 0 Å². The van der Waals surface area contributed by atoms with Gasteiger partial charge < -0.3 is 9.84 Å². The highest BCUT2D eigenvalue weighted by Gasteiger charge is 2.59. The van der Waals surface area contributed by atoms with E-state index >= 15 is 0 Å². The second-order valence-corrected chi connectivity index (χ2v) is 14.2. The standard InChI is InChI=1S/C33H58O2/c1-24(2)11-10-12-25(3)29-15-16-30-28-14-13-26-23-27(35-22-9-7-6-8-21-34)17-19-32(26,4)31(28)18-20-33(29,30)5/h13,24-25,27-31,34H,6-12,14-23H2,1-5H3/t25-,27+,28+,29-,30+,31+,32+,33-/m1/s1. The summed E-state index contributed by atoms with van der Waals surface area (Å²) in [6.07, 6.45) is 22.9. The molecule has 1 N–H and O–H groups in total. The first-order valence-electron chi connectivity index (χ1n) is 15.7. The summed E-state index contributed by atoms with van der Waals surface area (Å²) in [5.74, 6) is 5.52. The van der Waals surface area contributed by atoms with Crippen molar-refractivity contribution >= 4 is 0 Å². The second kappa shape index (κ2) is 12.0. The normalized spacial score (nSPS) is 39.6. The van der Waals surface area contributed by atoms with Crippen molar-refractivity contribution < 1.29 is 9.84 Å². The minimum atomic E-state index is 0.330. The van der Waals surface area contributed by atoms with Crippen LogP contribution in [0.25, 0.3) is 0 Å². The first-order valence-corrected chi connectivity index (χ1v) is 15.7. The van der Waals surface area contributed by atoms with Crippen LogP contribution in [0.15, 0.2) is 11.6 Å². The van der Waals surface area contributed by atoms with Crippen LogP contribution in [0.4, 0.5) is 0 Å². The number of ether oxygens (including phenoxy) is 1. The van der Waals surface area contributed by atoms with Gasteiger partial charge in [0.2, 0.25) is 0 Å². The lowest BCUT2D eigenvalue weighted by Gasteiger charge is -2.58. The second-order valence-electron chi connectivity index (χ2n) is 14.2. The Bertz CT molecular complexity index is 697. The summed E-state index contributed by atoms with van der Waals surface area (Å²) in [5, 5.41) is 8.95. The van der Waals surface area contributed by atoms with Crippen LogP contribution < -0.4 is 0 Å². The molecule has 8 atom stereocenters. The molecule has 0 heterocycles. The maximum absolute atomic E-state index is 8.95. The van der Waals surface area contributed by atoms with Crippen LogP contribution in [0, 0.1) is 46.3 Å². The summed E-state index contributed by atoms with van der Waals surface area (Å²) in [6, 6.07) is 0. The molecule has 3 saturated carbocycles. The Morgan fingerprint density at radius 3 is 2.49 bits per heavy atom. The van der Waals surface area contributed by atoms with E-state index < -0.39 is 0 Å². The Morgan fingerprint density at radius 2 is 1.71 bits per heavy atom. The average Bonchev–Trinajstić information content (AvgIpc) is 3.18. The maximum atomic E-state index is 8.95. The van der Waals surface area contributed by atoms with E-state index in [1.165, 1.54) is 77.0 Å². The van der Waals surface area contributed by atoms with Crippen LogP contribution in [-0.2, 0) is 4.74 Å². The zero-order valence-corrected chi connectivity index (χ0v) is 24.0. The number of fused-ring (bicyclic) bond motifs is 5. The van der Waals surface area contributed by atoms with Crippen molar-refractivity contribution in [3.8, 4) is 0 Å². The molecule has 0 aromatic rings. The molecule has 0 saturated heterocycles. The zero-order valence-electron chi connectivity index (χ0n) is 24.0. The molecule has 0 bridgehead atoms. The lowest BCUT2D eigenvalue weighted by atomic mass is 9.47. The molecule has 4 aliphatic rings. The monoisotopic (exact) mass is 486 g/mol. The molecule has 3 fully saturated rings. The van der Waals surface area contributed by atoms with E-state index in [9.17, 15) is 0 Å². The zero-order chi connectivity index (χ0) is 25.1. The molecule has 4 rings (SSSR count). The minimum absolute atomic E-state index is 0.330. The highest BCUT2D eigenvalue weighted by molar-refractivity contribution is 5.25. The van der Waals surface area contributed by atoms with E-state index in [0.717, 1.165) is 61.4 Å². The van der Waals surface area contributed by atoms with Gasteiger partial charge in [0.15, 0.2) is 0 Å². The number of aliphatic hydroxyl groups excluding tert-OH is 1. The fourth-order valence-electron chi connectivity index (χ4n) is 9.61. The van der Waals surface area contributed by atoms with E-state index in [4.69, 9.17) is 9.84 Å². The Labute approximate surface area is 218 Å². The van der Waals surface area contributed by atoms with E-state index in [1.807, 2.05) is 0 Å². The molecular formula is C33H58O2. The predicted molar refractivity (Wildman–Crippen MR) is 148 cm³/mol. The predicted octanol–water partition coefficient (Wildman–Crippen LogP) is 8.97. The van der Waals surface area contributed by atoms with Gasteiger partial charge in [0.25, 0.3) is 0 Å². The smallest absolute Gasteiger partial charge is 0.0612 e. The van der Waals surface area contributed by atoms with Crippen molar-refractivity contribution in [1.82, 2.24) is 0 Å². The fraction of sp³-hybridized carbons (Fsp3) is 0.939. The first-order chi connectivity index (χ1) is 16.8. The van der Waals surface area contributed by atoms with Crippen molar-refractivity contribution in [3.05, 3.63) is 11.6 Å². The molecule has 0 amide bonds. The number of hydrogen-bond donors (Lipinski definition) is 1. The van der Waals surface area contributed by atoms with Crippen LogP contribution in [0.2, 0.25) is 0 Å². The van der Waals surface area contributed by atoms with Crippen molar-refractivity contribution in [2.24, 2.45) is 46.3 Å². The van der Waals surface area contributed by atoms with Gasteiger partial charge in [-0.05, 0) is 111 Å². The number of allylic oxidation sites excluding steroid dienone is 1. The minimum Gasteiger partial charge on any atom is -0.396 e. The van der Waals surface area contributed by atoms with Gasteiger partial charge in [-0.1, -0.05) is 78.4 Å². The van der Waals surface area contributed by atoms with Crippen molar-refractivity contribution in [1.29, 1.82) is 0 Å². The molecule has 4 aliphatic carbocycles. The van der Waals surface area contributed by atoms with E-state index in [2.05, 4.69) is 40.7 Å². The molecule has 202 valence electrons. The van der Waals surface area contributed by atoms with E-state index in [1.54, 1.807) is 5.57 Å². The van der Waals surface area contributed by atoms with Crippen LogP contribution in [0.1, 0.15) is 131 Å². The van der Waals surface area contributed by atoms with Crippen LogP contribution in [0.5, 0.6) is 0 Å². The molecule has 0 unspecified atom stereocenters. The molecule has 35 heavy (non-hydrogen) atoms. The summed E-state index contributed by atoms with van der Waals surface area (Å²) in [6.45, 7) is 14.0. The summed E-state index contributed by atoms with van der Waals surface area (Å²) in [4.78, 5) is 0. The Morgan fingerprint density at radius 1 is 0.914 bits per heavy atom. The van der Waals surface area contributed by atoms with Gasteiger partial charge >= 0.3 is 0 Å². The third-order valence-corrected chi connectivity index (χ3v) is 11.7. The lowest BCUT2D eigenvalue weighted by molar-refractivity contribution is -0.0641. The third-order valence-electron chi connectivity index (χ3n) is 11.7. The summed E-state index contributed by atoms with van der Waals surface area (Å²) in [5.41, 5.74) is 2.79. The van der Waals surface area contributed by atoms with Gasteiger partial charge in [-0.2, -0.15) is 0 Å². The lowest BCUT2D eigenvalue weighted by Crippen LogP contribution is -2.51. The third kappa shape index (κ3) is 5.89. The molecule has 2 heteroatoms. The highest BCUT2D eigenvalue weighted by Crippen LogP contribution is 2.67. The van der Waals surface area contributed by atoms with Gasteiger partial charge in [-0.15, -0.1) is 0 Å². The fourth-order valence-corrected chi connectivity index (χ4v) is 9.61. The summed E-state index contributed by atoms with van der Waals surface area (Å²) in [7, 11) is 0. The van der Waals surface area contributed by atoms with Crippen LogP contribution >= 0.6 is 0 Å². The van der Waals surface area contributed by atoms with Gasteiger partial charge in [0.1, 0.15) is 0 Å². The molecule has 0 aliphatic heterocycles. The largest absolute Gasteiger partial charge is 0.396 e. The Balaban J connectivity index is 1.34. The molecular weight excluding hydrogens is 428 g/mol. The Kier molecular flexibility index (Phi) is 9.51. The molecule has 0 aromatic heterocycles. The number of unbranched alkanes of at least 4 members (excludes halogenated alkanes) is 3. The average molecular weight is 487 g/mol. The van der Waals surface area contributed by atoms with Crippen molar-refractivity contribution in [2.45, 2.75) is 137 Å². The molecule has 2 nitrogen and oxygen atoms in total. The van der Waals surface area contributed by atoms with Gasteiger partial charge in [0, 0.05) is 13.2 Å². The van der Waals surface area contributed by atoms with Gasteiger partial charge in [-0.25, -0.2) is 0 Å². The van der Waals surface area contributed by atoms with E-state index in [0.29, 0.717) is 23.5 Å². The molecule has 0 aromatic carbocycles. The first kappa shape index (κ1) is 27.7. The maximum Gasteiger partial charge on any atom is 0.0612 e. The highest BCUT2D eigenvalue weighted by atomic mass is 16.5. The van der Waals surface area contributed by atoms with Gasteiger partial charge in [-0.3, -0.25) is 0 Å². The SMILES string of the molecule is CC(C)CCC[C@@H](C)[C@H]1CC[C@H]2[C@@H]3CC=C4C[C@@H](OCCCCCCO)CC[C@]4(C)[C@H]3CC[C@]12C. The summed E-state index contributed by atoms with van der Waals surface area (Å²) >= 11 is 0. The van der Waals surface area contributed by atoms with Crippen LogP contribution in [-0.4, -0.2) is 24.4 Å². The van der Waals surface area contributed by atoms with E-state index in [-0.39, 0.29) is 0 Å². The Hall–Kier alpha value is -0.340. The number of rotatable bonds is 12. The van der Waals surface area contributed by atoms with Gasteiger partial charge in [0.05, 0.1) is 6.10 Å². The molecule has 0 radical (unpaired) electrons. The quantitative estimate of drug-likeness (QED) is 0.220. The van der Waals surface area contributed by atoms with Crippen LogP contribution in [0.3, 0.4) is 0 Å².